The number of benzene rings is 2. The largest absolute Gasteiger partial charge is 0.490 e. The van der Waals surface area contributed by atoms with Crippen LogP contribution in [0.3, 0.4) is 0 Å². The van der Waals surface area contributed by atoms with Gasteiger partial charge in [-0.05, 0) is 53.4 Å². The van der Waals surface area contributed by atoms with Crippen molar-refractivity contribution in [3.8, 4) is 11.1 Å². The van der Waals surface area contributed by atoms with Crippen LogP contribution in [0.2, 0.25) is 0 Å². The monoisotopic (exact) mass is 578 g/mol. The maximum atomic E-state index is 14.8. The van der Waals surface area contributed by atoms with E-state index in [1.165, 1.54) is 17.4 Å². The van der Waals surface area contributed by atoms with Crippen molar-refractivity contribution in [3.05, 3.63) is 72.2 Å². The molecule has 1 atom stereocenters. The number of fused-ring (bicyclic) bond motifs is 1. The molecule has 0 radical (unpaired) electrons. The highest BCUT2D eigenvalue weighted by molar-refractivity contribution is 7.22. The summed E-state index contributed by atoms with van der Waals surface area (Å²) in [6.07, 6.45) is -3.43. The molecule has 0 aliphatic heterocycles. The van der Waals surface area contributed by atoms with Crippen LogP contribution in [0.5, 0.6) is 0 Å². The Hall–Kier alpha value is -4.59. The summed E-state index contributed by atoms with van der Waals surface area (Å²) in [6, 6.07) is 14.1. The van der Waals surface area contributed by atoms with Crippen molar-refractivity contribution >= 4 is 50.3 Å². The zero-order valence-corrected chi connectivity index (χ0v) is 21.7. The molecule has 1 amide bonds. The Morgan fingerprint density at radius 1 is 0.975 bits per heavy atom. The van der Waals surface area contributed by atoms with Gasteiger partial charge in [-0.25, -0.2) is 19.0 Å². The van der Waals surface area contributed by atoms with E-state index in [4.69, 9.17) is 9.90 Å². The van der Waals surface area contributed by atoms with Crippen molar-refractivity contribution in [1.29, 1.82) is 0 Å². The molecule has 0 aliphatic carbocycles. The summed E-state index contributed by atoms with van der Waals surface area (Å²) in [7, 11) is 0. The molecule has 9 nitrogen and oxygen atoms in total. The van der Waals surface area contributed by atoms with E-state index < -0.39 is 35.9 Å². The number of rotatable bonds is 7. The SMILES string of the molecule is CC(C)[C@H](NC(=O)c1ccc(-c2ccc(Nc3nc4ncccc4s3)c(F)c2)cc1)C(=O)O.O=C(O)C(F)(F)F. The molecule has 4 N–H and O–H groups in total. The van der Waals surface area contributed by atoms with Crippen molar-refractivity contribution in [3.63, 3.8) is 0 Å². The molecular formula is C26H22F4N4O5S. The fourth-order valence-electron chi connectivity index (χ4n) is 3.29. The first-order chi connectivity index (χ1) is 18.8. The van der Waals surface area contributed by atoms with E-state index in [2.05, 4.69) is 20.6 Å². The van der Waals surface area contributed by atoms with Gasteiger partial charge >= 0.3 is 18.1 Å². The van der Waals surface area contributed by atoms with E-state index in [1.54, 1.807) is 56.4 Å². The number of carboxylic acids is 2. The number of nitrogens with one attached hydrogen (secondary N) is 2. The van der Waals surface area contributed by atoms with Crippen LogP contribution >= 0.6 is 11.3 Å². The minimum absolute atomic E-state index is 0.250. The molecule has 0 saturated heterocycles. The van der Waals surface area contributed by atoms with Crippen molar-refractivity contribution in [2.75, 3.05) is 5.32 Å². The minimum atomic E-state index is -5.08. The molecule has 2 aromatic heterocycles. The maximum Gasteiger partial charge on any atom is 0.490 e. The fraction of sp³-hybridized carbons (Fsp3) is 0.192. The van der Waals surface area contributed by atoms with Gasteiger partial charge in [-0.3, -0.25) is 4.79 Å². The van der Waals surface area contributed by atoms with Crippen LogP contribution in [-0.2, 0) is 9.59 Å². The van der Waals surface area contributed by atoms with Gasteiger partial charge in [-0.2, -0.15) is 18.2 Å². The predicted molar refractivity (Wildman–Crippen MR) is 140 cm³/mol. The number of amides is 1. The maximum absolute atomic E-state index is 14.8. The summed E-state index contributed by atoms with van der Waals surface area (Å²) in [6.45, 7) is 3.45. The molecule has 4 rings (SSSR count). The third-order valence-corrected chi connectivity index (χ3v) is 6.24. The normalized spacial score (nSPS) is 11.9. The average Bonchev–Trinajstić information content (AvgIpc) is 3.30. The first kappa shape index (κ1) is 30.0. The Balaban J connectivity index is 0.000000559. The molecule has 0 spiro atoms. The molecule has 0 saturated carbocycles. The molecule has 0 bridgehead atoms. The standard InChI is InChI=1S/C24H21FN4O3S.C2HF3O2/c1-13(2)20(23(31)32)28-22(30)15-7-5-14(6-8-15)16-9-10-18(17(25)12-16)27-24-29-21-19(33-24)4-3-11-26-21;3-2(4,5)1(6)7/h3-13,20H,1-2H3,(H,28,30)(H,31,32)(H,26,27,29);(H,6,7)/t20-;/m0./s1. The van der Waals surface area contributed by atoms with E-state index in [-0.39, 0.29) is 5.92 Å². The Morgan fingerprint density at radius 3 is 2.12 bits per heavy atom. The summed E-state index contributed by atoms with van der Waals surface area (Å²) in [5.41, 5.74) is 2.59. The topological polar surface area (TPSA) is 142 Å². The third kappa shape index (κ3) is 7.72. The lowest BCUT2D eigenvalue weighted by Crippen LogP contribution is -2.44. The first-order valence-corrected chi connectivity index (χ1v) is 12.3. The number of carbonyl (C=O) groups is 3. The molecular weight excluding hydrogens is 556 g/mol. The molecule has 40 heavy (non-hydrogen) atoms. The van der Waals surface area contributed by atoms with Gasteiger partial charge in [0.15, 0.2) is 10.8 Å². The van der Waals surface area contributed by atoms with Crippen LogP contribution in [-0.4, -0.2) is 50.2 Å². The highest BCUT2D eigenvalue weighted by atomic mass is 32.1. The summed E-state index contributed by atoms with van der Waals surface area (Å²) in [4.78, 5) is 41.1. The lowest BCUT2D eigenvalue weighted by molar-refractivity contribution is -0.192. The second kappa shape index (κ2) is 12.5. The number of carboxylic acid groups (broad SMARTS) is 2. The number of pyridine rings is 1. The molecule has 210 valence electrons. The van der Waals surface area contributed by atoms with Crippen LogP contribution in [0, 0.1) is 11.7 Å². The van der Waals surface area contributed by atoms with Crippen LogP contribution in [0.1, 0.15) is 24.2 Å². The molecule has 4 aromatic rings. The summed E-state index contributed by atoms with van der Waals surface area (Å²) in [5, 5.41) is 22.4. The number of alkyl halides is 3. The second-order valence-electron chi connectivity index (χ2n) is 8.58. The molecule has 0 aliphatic rings. The van der Waals surface area contributed by atoms with E-state index in [1.807, 2.05) is 12.1 Å². The highest BCUT2D eigenvalue weighted by Gasteiger charge is 2.38. The summed E-state index contributed by atoms with van der Waals surface area (Å²) in [5.74, 6) is -5.00. The summed E-state index contributed by atoms with van der Waals surface area (Å²) >= 11 is 1.39. The van der Waals surface area contributed by atoms with E-state index in [0.717, 1.165) is 10.3 Å². The Bertz CT molecular complexity index is 1490. The number of hydrogen-bond donors (Lipinski definition) is 4. The Morgan fingerprint density at radius 2 is 1.60 bits per heavy atom. The van der Waals surface area contributed by atoms with Gasteiger partial charge in [-0.1, -0.05) is 43.4 Å². The third-order valence-electron chi connectivity index (χ3n) is 5.32. The van der Waals surface area contributed by atoms with E-state index in [9.17, 15) is 32.3 Å². The van der Waals surface area contributed by atoms with Crippen LogP contribution in [0.15, 0.2) is 60.8 Å². The van der Waals surface area contributed by atoms with Gasteiger partial charge in [0.2, 0.25) is 0 Å². The summed E-state index contributed by atoms with van der Waals surface area (Å²) < 4.78 is 47.4. The number of nitrogens with zero attached hydrogens (tertiary/aromatic N) is 2. The molecule has 2 aromatic carbocycles. The molecule has 0 fully saturated rings. The lowest BCUT2D eigenvalue weighted by Gasteiger charge is -2.18. The molecule has 0 unspecified atom stereocenters. The lowest BCUT2D eigenvalue weighted by atomic mass is 10.0. The quantitative estimate of drug-likeness (QED) is 0.204. The van der Waals surface area contributed by atoms with Gasteiger partial charge in [0, 0.05) is 11.8 Å². The predicted octanol–water partition coefficient (Wildman–Crippen LogP) is 5.71. The number of aliphatic carboxylic acids is 2. The Kier molecular flexibility index (Phi) is 9.37. The van der Waals surface area contributed by atoms with Crippen LogP contribution < -0.4 is 10.6 Å². The Labute approximate surface area is 228 Å². The van der Waals surface area contributed by atoms with Crippen molar-refractivity contribution < 1.29 is 42.2 Å². The minimum Gasteiger partial charge on any atom is -0.480 e. The number of anilines is 2. The van der Waals surface area contributed by atoms with Gasteiger partial charge in [0.25, 0.3) is 5.91 Å². The van der Waals surface area contributed by atoms with Crippen LogP contribution in [0.25, 0.3) is 21.5 Å². The number of hydrogen-bond acceptors (Lipinski definition) is 7. The average molecular weight is 579 g/mol. The van der Waals surface area contributed by atoms with Gasteiger partial charge in [-0.15, -0.1) is 0 Å². The van der Waals surface area contributed by atoms with E-state index in [0.29, 0.717) is 27.6 Å². The van der Waals surface area contributed by atoms with Gasteiger partial charge < -0.3 is 20.8 Å². The first-order valence-electron chi connectivity index (χ1n) is 11.5. The van der Waals surface area contributed by atoms with Crippen molar-refractivity contribution in [2.24, 2.45) is 5.92 Å². The number of thiazole rings is 1. The van der Waals surface area contributed by atoms with Gasteiger partial charge in [0.1, 0.15) is 11.9 Å². The zero-order chi connectivity index (χ0) is 29.6. The fourth-order valence-corrected chi connectivity index (χ4v) is 4.12. The number of aromatic nitrogens is 2. The van der Waals surface area contributed by atoms with Crippen molar-refractivity contribution in [2.45, 2.75) is 26.1 Å². The number of halogens is 4. The second-order valence-corrected chi connectivity index (χ2v) is 9.61. The molecule has 14 heteroatoms. The smallest absolute Gasteiger partial charge is 0.480 e. The highest BCUT2D eigenvalue weighted by Crippen LogP contribution is 2.30. The number of carbonyl (C=O) groups excluding carboxylic acids is 1. The molecule has 2 heterocycles. The van der Waals surface area contributed by atoms with Crippen LogP contribution in [0.4, 0.5) is 28.4 Å². The van der Waals surface area contributed by atoms with Crippen molar-refractivity contribution in [1.82, 2.24) is 15.3 Å². The van der Waals surface area contributed by atoms with Gasteiger partial charge in [0.05, 0.1) is 10.4 Å². The van der Waals surface area contributed by atoms with E-state index >= 15 is 0 Å². The zero-order valence-electron chi connectivity index (χ0n) is 20.9.